The van der Waals surface area contributed by atoms with Crippen molar-refractivity contribution < 1.29 is 4.74 Å². The predicted molar refractivity (Wildman–Crippen MR) is 56.7 cm³/mol. The second-order valence-electron chi connectivity index (χ2n) is 2.84. The first-order valence-corrected chi connectivity index (χ1v) is 5.33. The first kappa shape index (κ1) is 8.85. The maximum absolute atomic E-state index is 5.52. The summed E-state index contributed by atoms with van der Waals surface area (Å²) in [5.74, 6) is 0. The van der Waals surface area contributed by atoms with Gasteiger partial charge in [0.15, 0.2) is 0 Å². The summed E-state index contributed by atoms with van der Waals surface area (Å²) in [5, 5.41) is 0. The van der Waals surface area contributed by atoms with E-state index in [1.807, 2.05) is 6.92 Å². The Kier molecular flexibility index (Phi) is 2.71. The maximum atomic E-state index is 5.52. The Morgan fingerprint density at radius 3 is 3.08 bits per heavy atom. The van der Waals surface area contributed by atoms with E-state index in [1.165, 1.54) is 10.5 Å². The number of rotatable bonds is 2. The molecule has 0 saturated heterocycles. The first-order valence-electron chi connectivity index (χ1n) is 4.45. The van der Waals surface area contributed by atoms with E-state index in [4.69, 9.17) is 4.74 Å². The smallest absolute Gasteiger partial charge is 0.126 e. The molecule has 1 heterocycles. The zero-order valence-corrected chi connectivity index (χ0v) is 8.38. The number of hydrogen-bond acceptors (Lipinski definition) is 2. The normalized spacial score (nSPS) is 19.9. The molecule has 1 unspecified atom stereocenters. The molecule has 0 radical (unpaired) electrons. The highest BCUT2D eigenvalue weighted by atomic mass is 32.2. The van der Waals surface area contributed by atoms with E-state index in [9.17, 15) is 0 Å². The SMILES string of the molecule is CCOC1C=Cc2ccccc2S1. The Labute approximate surface area is 82.8 Å². The molecule has 1 aromatic rings. The van der Waals surface area contributed by atoms with Gasteiger partial charge < -0.3 is 4.74 Å². The van der Waals surface area contributed by atoms with Crippen LogP contribution in [0.4, 0.5) is 0 Å². The summed E-state index contributed by atoms with van der Waals surface area (Å²) in [7, 11) is 0. The summed E-state index contributed by atoms with van der Waals surface area (Å²) >= 11 is 1.77. The van der Waals surface area contributed by atoms with Crippen LogP contribution in [0, 0.1) is 0 Å². The molecule has 1 nitrogen and oxygen atoms in total. The lowest BCUT2D eigenvalue weighted by atomic mass is 10.2. The second-order valence-corrected chi connectivity index (χ2v) is 3.98. The van der Waals surface area contributed by atoms with Crippen LogP contribution in [0.2, 0.25) is 0 Å². The summed E-state index contributed by atoms with van der Waals surface area (Å²) in [6, 6.07) is 8.38. The molecule has 13 heavy (non-hydrogen) atoms. The number of benzene rings is 1. The van der Waals surface area contributed by atoms with Gasteiger partial charge in [0, 0.05) is 11.5 Å². The molecule has 0 N–H and O–H groups in total. The molecular formula is C11H12OS. The van der Waals surface area contributed by atoms with E-state index in [0.717, 1.165) is 6.61 Å². The molecule has 0 saturated carbocycles. The van der Waals surface area contributed by atoms with Crippen molar-refractivity contribution >= 4 is 17.8 Å². The van der Waals surface area contributed by atoms with Crippen LogP contribution >= 0.6 is 11.8 Å². The highest BCUT2D eigenvalue weighted by Gasteiger charge is 2.12. The minimum atomic E-state index is 0.194. The zero-order valence-electron chi connectivity index (χ0n) is 7.57. The van der Waals surface area contributed by atoms with E-state index in [-0.39, 0.29) is 5.44 Å². The molecule has 0 aromatic heterocycles. The third-order valence-electron chi connectivity index (χ3n) is 1.93. The fraction of sp³-hybridized carbons (Fsp3) is 0.273. The van der Waals surface area contributed by atoms with Crippen molar-refractivity contribution in [2.45, 2.75) is 17.3 Å². The van der Waals surface area contributed by atoms with Crippen molar-refractivity contribution in [3.05, 3.63) is 35.9 Å². The largest absolute Gasteiger partial charge is 0.363 e. The van der Waals surface area contributed by atoms with Crippen molar-refractivity contribution in [1.82, 2.24) is 0 Å². The molecule has 1 atom stereocenters. The topological polar surface area (TPSA) is 9.23 Å². The lowest BCUT2D eigenvalue weighted by Crippen LogP contribution is -2.07. The van der Waals surface area contributed by atoms with Crippen LogP contribution in [-0.2, 0) is 4.74 Å². The zero-order chi connectivity index (χ0) is 9.10. The van der Waals surface area contributed by atoms with Gasteiger partial charge in [0.25, 0.3) is 0 Å². The Bertz CT molecular complexity index is 320. The molecule has 1 aliphatic rings. The minimum absolute atomic E-state index is 0.194. The van der Waals surface area contributed by atoms with Gasteiger partial charge in [-0.05, 0) is 24.6 Å². The third-order valence-corrected chi connectivity index (χ3v) is 3.08. The fourth-order valence-electron chi connectivity index (χ4n) is 1.33. The van der Waals surface area contributed by atoms with Crippen molar-refractivity contribution in [3.8, 4) is 0 Å². The average molecular weight is 192 g/mol. The van der Waals surface area contributed by atoms with Gasteiger partial charge in [0.2, 0.25) is 0 Å². The van der Waals surface area contributed by atoms with Crippen molar-refractivity contribution in [1.29, 1.82) is 0 Å². The molecule has 2 rings (SSSR count). The van der Waals surface area contributed by atoms with Crippen molar-refractivity contribution in [2.75, 3.05) is 6.61 Å². The number of hydrogen-bond donors (Lipinski definition) is 0. The Balaban J connectivity index is 2.19. The predicted octanol–water partition coefficient (Wildman–Crippen LogP) is 3.17. The Morgan fingerprint density at radius 2 is 2.23 bits per heavy atom. The molecule has 68 valence electrons. The van der Waals surface area contributed by atoms with E-state index in [2.05, 4.69) is 36.4 Å². The van der Waals surface area contributed by atoms with Gasteiger partial charge in [0.1, 0.15) is 5.44 Å². The molecule has 0 bridgehead atoms. The van der Waals surface area contributed by atoms with Crippen molar-refractivity contribution in [2.24, 2.45) is 0 Å². The molecule has 0 aliphatic carbocycles. The minimum Gasteiger partial charge on any atom is -0.363 e. The van der Waals surface area contributed by atoms with Crippen LogP contribution in [0.3, 0.4) is 0 Å². The highest BCUT2D eigenvalue weighted by molar-refractivity contribution is 8.00. The molecular weight excluding hydrogens is 180 g/mol. The number of fused-ring (bicyclic) bond motifs is 1. The molecule has 1 aromatic carbocycles. The van der Waals surface area contributed by atoms with Gasteiger partial charge in [0.05, 0.1) is 0 Å². The van der Waals surface area contributed by atoms with Crippen LogP contribution < -0.4 is 0 Å². The summed E-state index contributed by atoms with van der Waals surface area (Å²) < 4.78 is 5.52. The first-order chi connectivity index (χ1) is 6.40. The van der Waals surface area contributed by atoms with Crippen LogP contribution in [0.5, 0.6) is 0 Å². The van der Waals surface area contributed by atoms with Gasteiger partial charge >= 0.3 is 0 Å². The molecule has 2 heteroatoms. The van der Waals surface area contributed by atoms with Crippen molar-refractivity contribution in [3.63, 3.8) is 0 Å². The monoisotopic (exact) mass is 192 g/mol. The lowest BCUT2D eigenvalue weighted by Gasteiger charge is -2.18. The van der Waals surface area contributed by atoms with Gasteiger partial charge in [-0.1, -0.05) is 36.0 Å². The van der Waals surface area contributed by atoms with Gasteiger partial charge in [-0.3, -0.25) is 0 Å². The standard InChI is InChI=1S/C11H12OS/c1-2-12-11-8-7-9-5-3-4-6-10(9)13-11/h3-8,11H,2H2,1H3. The fourth-order valence-corrected chi connectivity index (χ4v) is 2.37. The van der Waals surface area contributed by atoms with E-state index >= 15 is 0 Å². The summed E-state index contributed by atoms with van der Waals surface area (Å²) in [6.45, 7) is 2.79. The summed E-state index contributed by atoms with van der Waals surface area (Å²) in [5.41, 5.74) is 1.49. The van der Waals surface area contributed by atoms with E-state index in [1.54, 1.807) is 11.8 Å². The van der Waals surface area contributed by atoms with Crippen LogP contribution in [0.1, 0.15) is 12.5 Å². The molecule has 0 amide bonds. The third kappa shape index (κ3) is 1.95. The highest BCUT2D eigenvalue weighted by Crippen LogP contribution is 2.33. The van der Waals surface area contributed by atoms with E-state index in [0.29, 0.717) is 0 Å². The average Bonchev–Trinajstić information content (AvgIpc) is 2.18. The van der Waals surface area contributed by atoms with Gasteiger partial charge in [-0.25, -0.2) is 0 Å². The molecule has 1 aliphatic heterocycles. The summed E-state index contributed by atoms with van der Waals surface area (Å²) in [4.78, 5) is 1.31. The summed E-state index contributed by atoms with van der Waals surface area (Å²) in [6.07, 6.45) is 4.24. The van der Waals surface area contributed by atoms with E-state index < -0.39 is 0 Å². The molecule has 0 fully saturated rings. The van der Waals surface area contributed by atoms with Crippen LogP contribution in [0.25, 0.3) is 6.08 Å². The van der Waals surface area contributed by atoms with Crippen LogP contribution in [-0.4, -0.2) is 12.0 Å². The van der Waals surface area contributed by atoms with Gasteiger partial charge in [-0.15, -0.1) is 0 Å². The Hall–Kier alpha value is -0.730. The van der Waals surface area contributed by atoms with Crippen LogP contribution in [0.15, 0.2) is 35.2 Å². The number of thioether (sulfide) groups is 1. The number of ether oxygens (including phenoxy) is 1. The second kappa shape index (κ2) is 3.99. The molecule has 0 spiro atoms. The van der Waals surface area contributed by atoms with Gasteiger partial charge in [-0.2, -0.15) is 0 Å². The lowest BCUT2D eigenvalue weighted by molar-refractivity contribution is 0.154. The Morgan fingerprint density at radius 1 is 1.38 bits per heavy atom. The quantitative estimate of drug-likeness (QED) is 0.711. The maximum Gasteiger partial charge on any atom is 0.126 e.